The van der Waals surface area contributed by atoms with E-state index in [1.54, 1.807) is 23.1 Å². The fourth-order valence-corrected chi connectivity index (χ4v) is 3.42. The third kappa shape index (κ3) is 3.71. The minimum absolute atomic E-state index is 0.0299. The molecule has 0 saturated carbocycles. The molecule has 6 nitrogen and oxygen atoms in total. The Morgan fingerprint density at radius 3 is 2.52 bits per heavy atom. The zero-order valence-electron chi connectivity index (χ0n) is 16.2. The highest BCUT2D eigenvalue weighted by atomic mass is 19.1. The van der Waals surface area contributed by atoms with Gasteiger partial charge >= 0.3 is 0 Å². The zero-order chi connectivity index (χ0) is 21.2. The molecule has 0 unspecified atom stereocenters. The summed E-state index contributed by atoms with van der Waals surface area (Å²) in [7, 11) is 0. The fraction of sp³-hybridized carbons (Fsp3) is 0.0435. The summed E-state index contributed by atoms with van der Waals surface area (Å²) < 4.78 is 30.0. The number of fused-ring (bicyclic) bond motifs is 1. The molecule has 0 saturated heterocycles. The number of aromatic nitrogens is 5. The molecule has 0 atom stereocenters. The molecular weight excluding hydrogens is 398 g/mol. The van der Waals surface area contributed by atoms with Gasteiger partial charge in [-0.15, -0.1) is 0 Å². The molecule has 5 rings (SSSR count). The lowest BCUT2D eigenvalue weighted by atomic mass is 10.1. The molecule has 31 heavy (non-hydrogen) atoms. The van der Waals surface area contributed by atoms with Gasteiger partial charge < -0.3 is 5.32 Å². The quantitative estimate of drug-likeness (QED) is 0.440. The Bertz CT molecular complexity index is 1350. The predicted molar refractivity (Wildman–Crippen MR) is 114 cm³/mol. The number of benzene rings is 2. The van der Waals surface area contributed by atoms with Crippen molar-refractivity contribution in [2.75, 3.05) is 5.32 Å². The summed E-state index contributed by atoms with van der Waals surface area (Å²) in [5.74, 6) is -0.553. The fourth-order valence-electron chi connectivity index (χ4n) is 3.42. The van der Waals surface area contributed by atoms with Crippen molar-refractivity contribution in [1.29, 1.82) is 0 Å². The highest BCUT2D eigenvalue weighted by molar-refractivity contribution is 5.93. The maximum absolute atomic E-state index is 14.2. The number of rotatable bonds is 5. The van der Waals surface area contributed by atoms with Crippen molar-refractivity contribution in [1.82, 2.24) is 24.7 Å². The summed E-state index contributed by atoms with van der Waals surface area (Å²) >= 11 is 0. The van der Waals surface area contributed by atoms with Gasteiger partial charge in [-0.2, -0.15) is 5.10 Å². The summed E-state index contributed by atoms with van der Waals surface area (Å²) in [6, 6.07) is 16.8. The van der Waals surface area contributed by atoms with E-state index in [0.717, 1.165) is 16.6 Å². The van der Waals surface area contributed by atoms with Gasteiger partial charge in [0.25, 0.3) is 0 Å². The maximum Gasteiger partial charge on any atom is 0.133 e. The van der Waals surface area contributed by atoms with Crippen molar-refractivity contribution < 1.29 is 8.78 Å². The first-order valence-electron chi connectivity index (χ1n) is 9.57. The van der Waals surface area contributed by atoms with Crippen molar-refractivity contribution in [2.24, 2.45) is 0 Å². The summed E-state index contributed by atoms with van der Waals surface area (Å²) in [5.41, 5.74) is 2.76. The molecule has 152 valence electrons. The molecule has 0 spiro atoms. The smallest absolute Gasteiger partial charge is 0.133 e. The van der Waals surface area contributed by atoms with Crippen LogP contribution < -0.4 is 5.32 Å². The number of halogens is 2. The van der Waals surface area contributed by atoms with Gasteiger partial charge in [0.1, 0.15) is 29.5 Å². The van der Waals surface area contributed by atoms with Gasteiger partial charge in [0, 0.05) is 29.0 Å². The average molecular weight is 414 g/mol. The lowest BCUT2D eigenvalue weighted by molar-refractivity contribution is 0.537. The molecule has 2 aromatic carbocycles. The van der Waals surface area contributed by atoms with E-state index in [1.807, 2.05) is 36.4 Å². The minimum Gasteiger partial charge on any atom is -0.340 e. The summed E-state index contributed by atoms with van der Waals surface area (Å²) in [5, 5.41) is 8.69. The van der Waals surface area contributed by atoms with Crippen molar-refractivity contribution in [2.45, 2.75) is 6.54 Å². The molecule has 0 aliphatic heterocycles. The average Bonchev–Trinajstić information content (AvgIpc) is 3.16. The lowest BCUT2D eigenvalue weighted by Gasteiger charge is -2.07. The van der Waals surface area contributed by atoms with Gasteiger partial charge in [-0.25, -0.2) is 18.7 Å². The first kappa shape index (κ1) is 18.8. The van der Waals surface area contributed by atoms with Crippen molar-refractivity contribution >= 4 is 22.4 Å². The van der Waals surface area contributed by atoms with Crippen LogP contribution >= 0.6 is 0 Å². The van der Waals surface area contributed by atoms with E-state index >= 15 is 0 Å². The molecule has 8 heteroatoms. The Balaban J connectivity index is 1.56. The summed E-state index contributed by atoms with van der Waals surface area (Å²) in [4.78, 5) is 12.5. The number of nitrogens with zero attached hydrogens (tertiary/aromatic N) is 5. The molecule has 5 aromatic rings. The van der Waals surface area contributed by atoms with Gasteiger partial charge in [0.2, 0.25) is 0 Å². The highest BCUT2D eigenvalue weighted by Gasteiger charge is 2.16. The topological polar surface area (TPSA) is 68.5 Å². The zero-order valence-corrected chi connectivity index (χ0v) is 16.2. The van der Waals surface area contributed by atoms with Crippen LogP contribution in [0, 0.1) is 11.6 Å². The lowest BCUT2D eigenvalue weighted by Crippen LogP contribution is -2.06. The summed E-state index contributed by atoms with van der Waals surface area (Å²) in [6.45, 7) is -0.0299. The SMILES string of the molecule is Fc1cccc(F)c1Cn1nc(-c2cc(Nc3ccncn3)ccn2)c2ccccc21. The van der Waals surface area contributed by atoms with Crippen LogP contribution in [0.3, 0.4) is 0 Å². The van der Waals surface area contributed by atoms with Gasteiger partial charge in [-0.3, -0.25) is 9.67 Å². The number of anilines is 2. The van der Waals surface area contributed by atoms with E-state index in [4.69, 9.17) is 0 Å². The Morgan fingerprint density at radius 1 is 0.871 bits per heavy atom. The summed E-state index contributed by atoms with van der Waals surface area (Å²) in [6.07, 6.45) is 4.78. The second-order valence-electron chi connectivity index (χ2n) is 6.87. The number of para-hydroxylation sites is 1. The number of pyridine rings is 1. The molecule has 3 heterocycles. The van der Waals surface area contributed by atoms with E-state index in [1.165, 1.54) is 24.5 Å². The molecule has 3 aromatic heterocycles. The van der Waals surface area contributed by atoms with Crippen LogP contribution in [0.4, 0.5) is 20.3 Å². The van der Waals surface area contributed by atoms with Crippen LogP contribution in [0.2, 0.25) is 0 Å². The predicted octanol–water partition coefficient (Wildman–Crippen LogP) is 4.96. The normalized spacial score (nSPS) is 11.0. The van der Waals surface area contributed by atoms with Gasteiger partial charge in [-0.1, -0.05) is 24.3 Å². The Hall–Kier alpha value is -4.20. The van der Waals surface area contributed by atoms with Crippen molar-refractivity contribution in [3.8, 4) is 11.4 Å². The van der Waals surface area contributed by atoms with Crippen LogP contribution in [0.5, 0.6) is 0 Å². The van der Waals surface area contributed by atoms with Crippen LogP contribution in [0.15, 0.2) is 79.4 Å². The minimum atomic E-state index is -0.602. The van der Waals surface area contributed by atoms with E-state index < -0.39 is 11.6 Å². The van der Waals surface area contributed by atoms with Gasteiger partial charge in [0.05, 0.1) is 17.8 Å². The number of hydrogen-bond acceptors (Lipinski definition) is 5. The molecule has 0 amide bonds. The Kier molecular flexibility index (Phi) is 4.80. The molecule has 1 N–H and O–H groups in total. The standard InChI is InChI=1S/C23H16F2N6/c24-18-5-3-6-19(25)17(18)13-31-21-7-2-1-4-16(21)23(30-31)20-12-15(8-11-27-20)29-22-9-10-26-14-28-22/h1-12,14H,13H2,(H,26,27,28,29). The second kappa shape index (κ2) is 7.91. The molecule has 0 aliphatic carbocycles. The Morgan fingerprint density at radius 2 is 1.71 bits per heavy atom. The molecule has 0 radical (unpaired) electrons. The largest absolute Gasteiger partial charge is 0.340 e. The Labute approximate surface area is 176 Å². The van der Waals surface area contributed by atoms with Crippen LogP contribution in [-0.4, -0.2) is 24.7 Å². The van der Waals surface area contributed by atoms with Gasteiger partial charge in [0.15, 0.2) is 0 Å². The molecule has 0 fully saturated rings. The van der Waals surface area contributed by atoms with Crippen LogP contribution in [0.1, 0.15) is 5.56 Å². The third-order valence-electron chi connectivity index (χ3n) is 4.88. The highest BCUT2D eigenvalue weighted by Crippen LogP contribution is 2.29. The molecule has 0 aliphatic rings. The molecular formula is C23H16F2N6. The van der Waals surface area contributed by atoms with E-state index in [2.05, 4.69) is 25.4 Å². The van der Waals surface area contributed by atoms with Crippen LogP contribution in [0.25, 0.3) is 22.3 Å². The first-order valence-corrected chi connectivity index (χ1v) is 9.57. The first-order chi connectivity index (χ1) is 15.2. The van der Waals surface area contributed by atoms with Gasteiger partial charge in [-0.05, 0) is 36.4 Å². The van der Waals surface area contributed by atoms with E-state index in [9.17, 15) is 8.78 Å². The number of hydrogen-bond donors (Lipinski definition) is 1. The van der Waals surface area contributed by atoms with E-state index in [0.29, 0.717) is 17.2 Å². The second-order valence-corrected chi connectivity index (χ2v) is 6.87. The monoisotopic (exact) mass is 414 g/mol. The number of nitrogens with one attached hydrogen (secondary N) is 1. The third-order valence-corrected chi connectivity index (χ3v) is 4.88. The van der Waals surface area contributed by atoms with Crippen LogP contribution in [-0.2, 0) is 6.54 Å². The van der Waals surface area contributed by atoms with Crippen molar-refractivity contribution in [3.05, 3.63) is 96.6 Å². The molecule has 0 bridgehead atoms. The van der Waals surface area contributed by atoms with E-state index in [-0.39, 0.29) is 12.1 Å². The maximum atomic E-state index is 14.2. The van der Waals surface area contributed by atoms with Crippen molar-refractivity contribution in [3.63, 3.8) is 0 Å².